The number of aromatic nitrogens is 2. The number of hydrogen-bond acceptors (Lipinski definition) is 8. The van der Waals surface area contributed by atoms with Crippen LogP contribution in [0.2, 0.25) is 0 Å². The molecule has 0 radical (unpaired) electrons. The third-order valence-electron chi connectivity index (χ3n) is 7.44. The number of likely N-dealkylation sites (tertiary alicyclic amines) is 1. The molecule has 0 spiro atoms. The van der Waals surface area contributed by atoms with Crippen LogP contribution in [-0.2, 0) is 11.3 Å². The van der Waals surface area contributed by atoms with Gasteiger partial charge in [0, 0.05) is 64.6 Å². The van der Waals surface area contributed by atoms with E-state index in [4.69, 9.17) is 17.2 Å². The Morgan fingerprint density at radius 1 is 1.03 bits per heavy atom. The first kappa shape index (κ1) is 24.4. The molecule has 3 aliphatic rings. The minimum atomic E-state index is -0.729. The number of carbonyl (C=O) groups excluding carboxylic acids is 2. The number of hydrogen-bond donors (Lipinski definition) is 4. The summed E-state index contributed by atoms with van der Waals surface area (Å²) in [4.78, 5) is 47.0. The van der Waals surface area contributed by atoms with Crippen molar-refractivity contribution in [1.29, 1.82) is 0 Å². The molecule has 5 rings (SSSR count). The maximum atomic E-state index is 12.6. The second-order valence-corrected chi connectivity index (χ2v) is 9.82. The lowest BCUT2D eigenvalue weighted by Gasteiger charge is -2.35. The largest absolute Gasteiger partial charge is 0.354 e. The SMILES string of the molecule is NCC(N)C(=O)N1CCN(C(=O)Nc2ccn(-c3ccc(CN4CC5C(N)C5C4)cc3)c(=O)n2)CC1. The molecule has 2 saturated heterocycles. The zero-order valence-corrected chi connectivity index (χ0v) is 20.1. The summed E-state index contributed by atoms with van der Waals surface area (Å²) in [6.07, 6.45) is 1.60. The zero-order valence-electron chi connectivity index (χ0n) is 20.1. The van der Waals surface area contributed by atoms with Gasteiger partial charge in [0.25, 0.3) is 0 Å². The summed E-state index contributed by atoms with van der Waals surface area (Å²) in [5.74, 6) is 1.27. The summed E-state index contributed by atoms with van der Waals surface area (Å²) in [6.45, 7) is 4.51. The molecular formula is C24H33N9O3. The lowest BCUT2D eigenvalue weighted by atomic mass is 10.2. The summed E-state index contributed by atoms with van der Waals surface area (Å²) >= 11 is 0. The number of piperidine rings is 1. The highest BCUT2D eigenvalue weighted by atomic mass is 16.2. The molecule has 3 heterocycles. The van der Waals surface area contributed by atoms with E-state index in [-0.39, 0.29) is 24.3 Å². The summed E-state index contributed by atoms with van der Waals surface area (Å²) in [7, 11) is 0. The lowest BCUT2D eigenvalue weighted by Crippen LogP contribution is -2.56. The smallest absolute Gasteiger partial charge is 0.338 e. The van der Waals surface area contributed by atoms with Gasteiger partial charge >= 0.3 is 11.7 Å². The van der Waals surface area contributed by atoms with Gasteiger partial charge in [0.1, 0.15) is 5.82 Å². The summed E-state index contributed by atoms with van der Waals surface area (Å²) in [5.41, 5.74) is 18.6. The molecule has 12 nitrogen and oxygen atoms in total. The fourth-order valence-electron chi connectivity index (χ4n) is 5.13. The van der Waals surface area contributed by atoms with Crippen molar-refractivity contribution in [2.75, 3.05) is 51.1 Å². The van der Waals surface area contributed by atoms with Crippen molar-refractivity contribution in [3.05, 3.63) is 52.6 Å². The van der Waals surface area contributed by atoms with Gasteiger partial charge in [-0.3, -0.25) is 19.6 Å². The first-order valence-electron chi connectivity index (χ1n) is 12.3. The van der Waals surface area contributed by atoms with Crippen molar-refractivity contribution in [3.63, 3.8) is 0 Å². The van der Waals surface area contributed by atoms with Crippen LogP contribution in [-0.4, -0.2) is 94.1 Å². The molecule has 7 N–H and O–H groups in total. The Hall–Kier alpha value is -3.32. The van der Waals surface area contributed by atoms with Crippen molar-refractivity contribution in [1.82, 2.24) is 24.3 Å². The predicted octanol–water partition coefficient (Wildman–Crippen LogP) is -1.42. The maximum absolute atomic E-state index is 12.6. The van der Waals surface area contributed by atoms with Crippen LogP contribution in [0.4, 0.5) is 10.6 Å². The van der Waals surface area contributed by atoms with Crippen LogP contribution < -0.4 is 28.2 Å². The summed E-state index contributed by atoms with van der Waals surface area (Å²) < 4.78 is 1.44. The Morgan fingerprint density at radius 3 is 2.28 bits per heavy atom. The van der Waals surface area contributed by atoms with Gasteiger partial charge in [0.15, 0.2) is 0 Å². The molecule has 1 aromatic carbocycles. The van der Waals surface area contributed by atoms with Crippen molar-refractivity contribution >= 4 is 17.8 Å². The number of benzene rings is 1. The maximum Gasteiger partial charge on any atom is 0.354 e. The summed E-state index contributed by atoms with van der Waals surface area (Å²) in [5, 5.41) is 2.67. The molecule has 36 heavy (non-hydrogen) atoms. The Bertz CT molecular complexity index is 1160. The second kappa shape index (κ2) is 9.97. The predicted molar refractivity (Wildman–Crippen MR) is 134 cm³/mol. The van der Waals surface area contributed by atoms with Crippen molar-refractivity contribution in [2.24, 2.45) is 29.0 Å². The van der Waals surface area contributed by atoms with E-state index in [1.165, 1.54) is 10.1 Å². The molecule has 1 saturated carbocycles. The van der Waals surface area contributed by atoms with Gasteiger partial charge in [0.05, 0.1) is 11.7 Å². The molecule has 3 amide bonds. The van der Waals surface area contributed by atoms with Gasteiger partial charge in [-0.15, -0.1) is 0 Å². The normalized spacial score (nSPS) is 24.4. The topological polar surface area (TPSA) is 169 Å². The monoisotopic (exact) mass is 495 g/mol. The molecular weight excluding hydrogens is 462 g/mol. The molecule has 3 fully saturated rings. The van der Waals surface area contributed by atoms with Crippen LogP contribution in [0.15, 0.2) is 41.3 Å². The van der Waals surface area contributed by atoms with Crippen molar-refractivity contribution in [3.8, 4) is 5.69 Å². The minimum absolute atomic E-state index is 0.0792. The zero-order chi connectivity index (χ0) is 25.4. The minimum Gasteiger partial charge on any atom is -0.338 e. The quantitative estimate of drug-likeness (QED) is 0.379. The number of fused-ring (bicyclic) bond motifs is 1. The van der Waals surface area contributed by atoms with E-state index >= 15 is 0 Å². The molecule has 3 unspecified atom stereocenters. The molecule has 1 aliphatic carbocycles. The average molecular weight is 496 g/mol. The fourth-order valence-corrected chi connectivity index (χ4v) is 5.13. The van der Waals surface area contributed by atoms with Gasteiger partial charge in [-0.25, -0.2) is 9.59 Å². The van der Waals surface area contributed by atoms with Crippen molar-refractivity contribution < 1.29 is 9.59 Å². The number of nitrogens with one attached hydrogen (secondary N) is 1. The highest BCUT2D eigenvalue weighted by Crippen LogP contribution is 2.44. The Morgan fingerprint density at radius 2 is 1.67 bits per heavy atom. The van der Waals surface area contributed by atoms with E-state index in [0.29, 0.717) is 49.7 Å². The Labute approximate surface area is 209 Å². The highest BCUT2D eigenvalue weighted by Gasteiger charge is 2.53. The van der Waals surface area contributed by atoms with Crippen LogP contribution in [0.25, 0.3) is 5.69 Å². The van der Waals surface area contributed by atoms with Gasteiger partial charge in [-0.05, 0) is 35.6 Å². The number of anilines is 1. The van der Waals surface area contributed by atoms with Gasteiger partial charge in [-0.2, -0.15) is 4.98 Å². The highest BCUT2D eigenvalue weighted by molar-refractivity contribution is 5.88. The van der Waals surface area contributed by atoms with Crippen LogP contribution in [0.1, 0.15) is 5.56 Å². The standard InChI is InChI=1S/C24H33N9O3/c25-11-19(26)22(34)31-7-9-32(10-8-31)23(35)28-20-5-6-33(24(36)29-20)16-3-1-15(2-4-16)12-30-13-17-18(14-30)21(17)27/h1-6,17-19,21H,7-14,25-27H2,(H,28,29,35,36). The lowest BCUT2D eigenvalue weighted by molar-refractivity contribution is -0.133. The average Bonchev–Trinajstić information content (AvgIpc) is 3.27. The van der Waals surface area contributed by atoms with E-state index < -0.39 is 11.7 Å². The van der Waals surface area contributed by atoms with E-state index in [0.717, 1.165) is 19.6 Å². The number of rotatable bonds is 6. The molecule has 2 aromatic rings. The fraction of sp³-hybridized carbons (Fsp3) is 0.500. The van der Waals surface area contributed by atoms with Gasteiger partial charge < -0.3 is 27.0 Å². The van der Waals surface area contributed by atoms with Gasteiger partial charge in [0.2, 0.25) is 5.91 Å². The molecule has 192 valence electrons. The molecule has 3 atom stereocenters. The van der Waals surface area contributed by atoms with E-state index in [1.54, 1.807) is 22.1 Å². The van der Waals surface area contributed by atoms with Crippen LogP contribution >= 0.6 is 0 Å². The number of nitrogens with zero attached hydrogens (tertiary/aromatic N) is 5. The van der Waals surface area contributed by atoms with Crippen LogP contribution in [0.3, 0.4) is 0 Å². The number of urea groups is 1. The third-order valence-corrected chi connectivity index (χ3v) is 7.44. The van der Waals surface area contributed by atoms with E-state index in [9.17, 15) is 14.4 Å². The van der Waals surface area contributed by atoms with Crippen LogP contribution in [0, 0.1) is 11.8 Å². The molecule has 1 aromatic heterocycles. The summed E-state index contributed by atoms with van der Waals surface area (Å²) in [6, 6.07) is 8.71. The molecule has 12 heteroatoms. The van der Waals surface area contributed by atoms with E-state index in [1.807, 2.05) is 24.3 Å². The first-order chi connectivity index (χ1) is 17.3. The molecule has 0 bridgehead atoms. The molecule has 2 aliphatic heterocycles. The third kappa shape index (κ3) is 4.98. The van der Waals surface area contributed by atoms with Crippen molar-refractivity contribution in [2.45, 2.75) is 18.6 Å². The van der Waals surface area contributed by atoms with E-state index in [2.05, 4.69) is 15.2 Å². The Kier molecular flexibility index (Phi) is 6.75. The number of piperazine rings is 1. The number of amides is 3. The number of nitrogens with two attached hydrogens (primary N) is 3. The first-order valence-corrected chi connectivity index (χ1v) is 12.3. The Balaban J connectivity index is 1.14. The second-order valence-electron chi connectivity index (χ2n) is 9.82. The van der Waals surface area contributed by atoms with Crippen LogP contribution in [0.5, 0.6) is 0 Å². The van der Waals surface area contributed by atoms with Gasteiger partial charge in [-0.1, -0.05) is 12.1 Å². The number of carbonyl (C=O) groups is 2.